The first-order valence-corrected chi connectivity index (χ1v) is 2.10. The van der Waals surface area contributed by atoms with Crippen LogP contribution >= 0.6 is 12.4 Å². The van der Waals surface area contributed by atoms with Crippen molar-refractivity contribution >= 4 is 18.4 Å². The smallest absolute Gasteiger partial charge is 0.330 e. The molecule has 0 aromatic heterocycles. The molecule has 0 saturated heterocycles. The molecule has 0 radical (unpaired) electrons. The first-order chi connectivity index (χ1) is 3.31. The predicted molar refractivity (Wildman–Crippen MR) is 34.1 cm³/mol. The van der Waals surface area contributed by atoms with Gasteiger partial charge in [-0.05, 0) is 6.92 Å². The number of hydrogen-bond acceptors (Lipinski definition) is 2. The van der Waals surface area contributed by atoms with Crippen molar-refractivity contribution in [3.05, 3.63) is 12.7 Å². The average molecular weight is 243 g/mol. The number of carbonyl (C=O) groups excluding carboxylic acids is 1. The summed E-state index contributed by atoms with van der Waals surface area (Å²) in [6.07, 6.45) is 1.14. The molecule has 0 heterocycles. The van der Waals surface area contributed by atoms with E-state index in [-0.39, 0.29) is 38.8 Å². The minimum Gasteiger partial charge on any atom is -0.463 e. The van der Waals surface area contributed by atoms with Crippen LogP contribution in [-0.4, -0.2) is 12.6 Å². The number of esters is 1. The third-order valence-corrected chi connectivity index (χ3v) is 0.453. The number of hydrogen-bond donors (Lipinski definition) is 0. The van der Waals surface area contributed by atoms with Crippen LogP contribution in [0.2, 0.25) is 0 Å². The fraction of sp³-hybridized carbons (Fsp3) is 0.400. The minimum atomic E-state index is -0.359. The van der Waals surface area contributed by atoms with E-state index >= 15 is 0 Å². The molecular formula is C5H9ClO2Pd. The minimum absolute atomic E-state index is 0. The predicted octanol–water partition coefficient (Wildman–Crippen LogP) is 1.15. The summed E-state index contributed by atoms with van der Waals surface area (Å²) in [4.78, 5) is 10.1. The maximum absolute atomic E-state index is 10.1. The Hall–Kier alpha value is 0.162. The van der Waals surface area contributed by atoms with E-state index in [1.54, 1.807) is 6.92 Å². The second kappa shape index (κ2) is 11.0. The molecule has 0 atom stereocenters. The molecule has 4 heteroatoms. The van der Waals surface area contributed by atoms with Gasteiger partial charge in [0, 0.05) is 26.5 Å². The molecule has 0 aromatic rings. The fourth-order valence-corrected chi connectivity index (χ4v) is 0.201. The summed E-state index contributed by atoms with van der Waals surface area (Å²) < 4.78 is 4.43. The number of halogens is 1. The Morgan fingerprint density at radius 1 is 1.78 bits per heavy atom. The van der Waals surface area contributed by atoms with Gasteiger partial charge in [0.2, 0.25) is 0 Å². The van der Waals surface area contributed by atoms with Gasteiger partial charge in [-0.2, -0.15) is 0 Å². The Morgan fingerprint density at radius 3 is 2.33 bits per heavy atom. The summed E-state index contributed by atoms with van der Waals surface area (Å²) in [6, 6.07) is 0. The van der Waals surface area contributed by atoms with Crippen LogP contribution < -0.4 is 0 Å². The average Bonchev–Trinajstić information content (AvgIpc) is 1.68. The molecule has 0 fully saturated rings. The summed E-state index contributed by atoms with van der Waals surface area (Å²) in [7, 11) is 0. The van der Waals surface area contributed by atoms with Crippen LogP contribution in [0.15, 0.2) is 12.7 Å². The summed E-state index contributed by atoms with van der Waals surface area (Å²) in [5, 5.41) is 0. The number of ether oxygens (including phenoxy) is 1. The van der Waals surface area contributed by atoms with Crippen molar-refractivity contribution in [2.45, 2.75) is 6.92 Å². The van der Waals surface area contributed by atoms with Crippen LogP contribution in [0.1, 0.15) is 6.92 Å². The van der Waals surface area contributed by atoms with Gasteiger partial charge in [-0.1, -0.05) is 6.58 Å². The van der Waals surface area contributed by atoms with Crippen molar-refractivity contribution in [2.75, 3.05) is 6.61 Å². The monoisotopic (exact) mass is 242 g/mol. The van der Waals surface area contributed by atoms with Crippen molar-refractivity contribution in [2.24, 2.45) is 0 Å². The molecule has 0 bridgehead atoms. The van der Waals surface area contributed by atoms with Crippen LogP contribution in [0.25, 0.3) is 0 Å². The van der Waals surface area contributed by atoms with Gasteiger partial charge >= 0.3 is 5.97 Å². The van der Waals surface area contributed by atoms with E-state index in [1.165, 1.54) is 0 Å². The van der Waals surface area contributed by atoms with Gasteiger partial charge < -0.3 is 4.74 Å². The molecule has 0 aliphatic heterocycles. The zero-order valence-electron chi connectivity index (χ0n) is 5.03. The molecule has 0 spiro atoms. The van der Waals surface area contributed by atoms with E-state index in [9.17, 15) is 4.79 Å². The first kappa shape index (κ1) is 16.1. The van der Waals surface area contributed by atoms with E-state index < -0.39 is 0 Å². The van der Waals surface area contributed by atoms with Crippen LogP contribution in [0.3, 0.4) is 0 Å². The molecule has 0 saturated carbocycles. The van der Waals surface area contributed by atoms with Crippen LogP contribution in [0, 0.1) is 0 Å². The van der Waals surface area contributed by atoms with Gasteiger partial charge in [0.15, 0.2) is 0 Å². The topological polar surface area (TPSA) is 26.3 Å². The SMILES string of the molecule is C=CC(=O)OCC.Cl.[Pd]. The molecule has 2 nitrogen and oxygen atoms in total. The van der Waals surface area contributed by atoms with Crippen molar-refractivity contribution < 1.29 is 30.0 Å². The van der Waals surface area contributed by atoms with Gasteiger partial charge in [0.1, 0.15) is 0 Å². The fourth-order valence-electron chi connectivity index (χ4n) is 0.201. The van der Waals surface area contributed by atoms with E-state index in [0.717, 1.165) is 6.08 Å². The van der Waals surface area contributed by atoms with Gasteiger partial charge in [-0.25, -0.2) is 4.79 Å². The van der Waals surface area contributed by atoms with Gasteiger partial charge in [-0.3, -0.25) is 0 Å². The zero-order valence-corrected chi connectivity index (χ0v) is 7.40. The summed E-state index contributed by atoms with van der Waals surface area (Å²) in [6.45, 7) is 5.38. The zero-order chi connectivity index (χ0) is 5.70. The Labute approximate surface area is 74.7 Å². The summed E-state index contributed by atoms with van der Waals surface area (Å²) in [5.41, 5.74) is 0. The van der Waals surface area contributed by atoms with Gasteiger partial charge in [-0.15, -0.1) is 12.4 Å². The molecule has 0 N–H and O–H groups in total. The summed E-state index contributed by atoms with van der Waals surface area (Å²) in [5.74, 6) is -0.359. The van der Waals surface area contributed by atoms with Crippen LogP contribution in [-0.2, 0) is 30.0 Å². The van der Waals surface area contributed by atoms with E-state index in [1.807, 2.05) is 0 Å². The van der Waals surface area contributed by atoms with E-state index in [0.29, 0.717) is 6.61 Å². The molecular weight excluding hydrogens is 234 g/mol. The second-order valence-corrected chi connectivity index (χ2v) is 0.956. The maximum atomic E-state index is 10.1. The molecule has 0 amide bonds. The Morgan fingerprint density at radius 2 is 2.22 bits per heavy atom. The van der Waals surface area contributed by atoms with Crippen LogP contribution in [0.5, 0.6) is 0 Å². The van der Waals surface area contributed by atoms with Crippen molar-refractivity contribution in [3.8, 4) is 0 Å². The third kappa shape index (κ3) is 11.6. The first-order valence-electron chi connectivity index (χ1n) is 2.10. The molecule has 0 aliphatic rings. The maximum Gasteiger partial charge on any atom is 0.330 e. The van der Waals surface area contributed by atoms with Gasteiger partial charge in [0.25, 0.3) is 0 Å². The van der Waals surface area contributed by atoms with Crippen LogP contribution in [0.4, 0.5) is 0 Å². The molecule has 9 heavy (non-hydrogen) atoms. The second-order valence-electron chi connectivity index (χ2n) is 0.956. The standard InChI is InChI=1S/C5H8O2.ClH.Pd/c1-3-5(6)7-4-2;;/h3H,1,4H2,2H3;1H;. The molecule has 0 unspecified atom stereocenters. The molecule has 0 aliphatic carbocycles. The van der Waals surface area contributed by atoms with Gasteiger partial charge in [0.05, 0.1) is 6.61 Å². The Kier molecular flexibility index (Phi) is 19.7. The van der Waals surface area contributed by atoms with E-state index in [4.69, 9.17) is 0 Å². The van der Waals surface area contributed by atoms with E-state index in [2.05, 4.69) is 11.3 Å². The quantitative estimate of drug-likeness (QED) is 0.413. The number of rotatable bonds is 2. The normalized spacial score (nSPS) is 5.89. The number of carbonyl (C=O) groups is 1. The third-order valence-electron chi connectivity index (χ3n) is 0.453. The Balaban J connectivity index is -0.000000180. The summed E-state index contributed by atoms with van der Waals surface area (Å²) >= 11 is 0. The van der Waals surface area contributed by atoms with Crippen molar-refractivity contribution in [3.63, 3.8) is 0 Å². The molecule has 0 rings (SSSR count). The Bertz CT molecular complexity index is 85.0. The van der Waals surface area contributed by atoms with Crippen molar-refractivity contribution in [1.29, 1.82) is 0 Å². The largest absolute Gasteiger partial charge is 0.463 e. The van der Waals surface area contributed by atoms with Crippen molar-refractivity contribution in [1.82, 2.24) is 0 Å². The molecule has 0 aromatic carbocycles. The molecule has 58 valence electrons.